The number of aromatic hydroxyl groups is 2. The number of phenolic OH excluding ortho intramolecular Hbond substituents is 2. The van der Waals surface area contributed by atoms with Crippen LogP contribution in [-0.2, 0) is 24.3 Å². The zero-order valence-corrected chi connectivity index (χ0v) is 19.5. The van der Waals surface area contributed by atoms with Crippen molar-refractivity contribution in [3.8, 4) is 11.5 Å². The number of rotatable bonds is 6. The number of hydrogen-bond acceptors (Lipinski definition) is 5. The first kappa shape index (κ1) is 24.1. The molecule has 0 radical (unpaired) electrons. The predicted octanol–water partition coefficient (Wildman–Crippen LogP) is 3.27. The van der Waals surface area contributed by atoms with E-state index in [1.54, 1.807) is 41.3 Å². The molecule has 0 spiro atoms. The monoisotopic (exact) mass is 475 g/mol. The van der Waals surface area contributed by atoms with Crippen LogP contribution in [0.2, 0.25) is 0 Å². The third kappa shape index (κ3) is 5.73. The Morgan fingerprint density at radius 2 is 1.37 bits per heavy atom. The Hall–Kier alpha value is -4.04. The fraction of sp³-hybridized carbons (Fsp3) is 0.259. The van der Waals surface area contributed by atoms with E-state index in [9.17, 15) is 24.9 Å². The maximum atomic E-state index is 14.0. The summed E-state index contributed by atoms with van der Waals surface area (Å²) in [4.78, 5) is 28.2. The highest BCUT2D eigenvalue weighted by Gasteiger charge is 2.41. The van der Waals surface area contributed by atoms with Crippen molar-refractivity contribution < 1.29 is 24.9 Å². The summed E-state index contributed by atoms with van der Waals surface area (Å²) >= 11 is 0. The van der Waals surface area contributed by atoms with E-state index in [4.69, 9.17) is 0 Å². The molecule has 35 heavy (non-hydrogen) atoms. The molecule has 0 unspecified atom stereocenters. The third-order valence-corrected chi connectivity index (χ3v) is 6.17. The van der Waals surface area contributed by atoms with Crippen LogP contribution in [0, 0.1) is 0 Å². The Balaban J connectivity index is 1.73. The number of β-amino-alcohol motifs (C(OH)–C–C–N with tert-alkyl or cyclic N) is 1. The second kappa shape index (κ2) is 10.5. The minimum atomic E-state index is -0.995. The number of carbonyl (C=O) groups is 2. The Labute approximate surface area is 204 Å². The van der Waals surface area contributed by atoms with Crippen molar-refractivity contribution in [2.45, 2.75) is 38.6 Å². The second-order valence-electron chi connectivity index (χ2n) is 8.73. The zero-order valence-electron chi connectivity index (χ0n) is 19.5. The van der Waals surface area contributed by atoms with Crippen molar-refractivity contribution in [2.75, 3.05) is 6.54 Å². The standard InChI is InChI=1S/C27H29N3O5/c1-19(31)29-18-26(34)25(15-20-5-3-2-4-6-20)28(16-21-7-11-23(32)12-8-21)27(35)30(29)17-22-9-13-24(33)14-10-22/h2-14,25-26,32-34H,15-18H2,1H3/t25-,26-/m1/s1. The van der Waals surface area contributed by atoms with Gasteiger partial charge in [0.15, 0.2) is 0 Å². The highest BCUT2D eigenvalue weighted by atomic mass is 16.3. The van der Waals surface area contributed by atoms with Crippen LogP contribution in [-0.4, -0.2) is 60.9 Å². The van der Waals surface area contributed by atoms with Gasteiger partial charge in [0.1, 0.15) is 11.5 Å². The SMILES string of the molecule is CC(=O)N1C[C@@H](O)[C@@H](Cc2ccccc2)N(Cc2ccc(O)cc2)C(=O)N1Cc1ccc(O)cc1. The van der Waals surface area contributed by atoms with Gasteiger partial charge in [-0.3, -0.25) is 4.79 Å². The van der Waals surface area contributed by atoms with E-state index in [1.165, 1.54) is 29.1 Å². The Morgan fingerprint density at radius 3 is 1.91 bits per heavy atom. The van der Waals surface area contributed by atoms with Gasteiger partial charge in [-0.2, -0.15) is 0 Å². The molecule has 0 aliphatic carbocycles. The van der Waals surface area contributed by atoms with Crippen molar-refractivity contribution >= 4 is 11.9 Å². The van der Waals surface area contributed by atoms with Crippen molar-refractivity contribution in [3.05, 3.63) is 95.6 Å². The number of aliphatic hydroxyl groups is 1. The van der Waals surface area contributed by atoms with Gasteiger partial charge in [-0.1, -0.05) is 54.6 Å². The molecule has 0 saturated carbocycles. The number of aliphatic hydroxyl groups excluding tert-OH is 1. The lowest BCUT2D eigenvalue weighted by molar-refractivity contribution is -0.144. The number of nitrogens with zero attached hydrogens (tertiary/aromatic N) is 3. The minimum absolute atomic E-state index is 0.0390. The molecule has 4 rings (SSSR count). The van der Waals surface area contributed by atoms with E-state index in [-0.39, 0.29) is 37.0 Å². The average Bonchev–Trinajstić information content (AvgIpc) is 2.94. The molecule has 1 heterocycles. The molecule has 2 atom stereocenters. The van der Waals surface area contributed by atoms with E-state index >= 15 is 0 Å². The Morgan fingerprint density at radius 1 is 0.829 bits per heavy atom. The van der Waals surface area contributed by atoms with E-state index in [1.807, 2.05) is 30.3 Å². The first-order chi connectivity index (χ1) is 16.8. The normalized spacial score (nSPS) is 18.5. The van der Waals surface area contributed by atoms with Crippen molar-refractivity contribution in [2.24, 2.45) is 0 Å². The molecule has 0 bridgehead atoms. The molecule has 3 aromatic carbocycles. The van der Waals surface area contributed by atoms with Crippen molar-refractivity contribution in [1.82, 2.24) is 14.9 Å². The van der Waals surface area contributed by atoms with Gasteiger partial charge in [-0.05, 0) is 47.4 Å². The lowest BCUT2D eigenvalue weighted by Gasteiger charge is -2.36. The van der Waals surface area contributed by atoms with E-state index in [0.29, 0.717) is 6.42 Å². The number of carbonyl (C=O) groups excluding carboxylic acids is 2. The second-order valence-corrected chi connectivity index (χ2v) is 8.73. The Kier molecular flexibility index (Phi) is 7.22. The number of urea groups is 1. The number of hydrogen-bond donors (Lipinski definition) is 3. The van der Waals surface area contributed by atoms with Gasteiger partial charge in [0, 0.05) is 13.5 Å². The molecule has 3 amide bonds. The van der Waals surface area contributed by atoms with Gasteiger partial charge >= 0.3 is 6.03 Å². The molecular weight excluding hydrogens is 446 g/mol. The topological polar surface area (TPSA) is 105 Å². The number of hydrazine groups is 1. The molecule has 3 aromatic rings. The molecule has 1 aliphatic rings. The summed E-state index contributed by atoms with van der Waals surface area (Å²) < 4.78 is 0. The zero-order chi connectivity index (χ0) is 24.9. The highest BCUT2D eigenvalue weighted by molar-refractivity contribution is 5.81. The highest BCUT2D eigenvalue weighted by Crippen LogP contribution is 2.26. The van der Waals surface area contributed by atoms with Crippen LogP contribution in [0.15, 0.2) is 78.9 Å². The van der Waals surface area contributed by atoms with Crippen LogP contribution in [0.3, 0.4) is 0 Å². The Bertz CT molecular complexity index is 1150. The first-order valence-electron chi connectivity index (χ1n) is 11.5. The third-order valence-electron chi connectivity index (χ3n) is 6.17. The maximum absolute atomic E-state index is 14.0. The molecule has 8 heteroatoms. The summed E-state index contributed by atoms with van der Waals surface area (Å²) in [5, 5.41) is 33.2. The molecule has 3 N–H and O–H groups in total. The molecule has 1 aliphatic heterocycles. The fourth-order valence-corrected chi connectivity index (χ4v) is 4.31. The van der Waals surface area contributed by atoms with Gasteiger partial charge in [0.05, 0.1) is 25.2 Å². The van der Waals surface area contributed by atoms with Gasteiger partial charge in [-0.25, -0.2) is 14.8 Å². The summed E-state index contributed by atoms with van der Waals surface area (Å²) in [6, 6.07) is 21.6. The van der Waals surface area contributed by atoms with Crippen LogP contribution in [0.25, 0.3) is 0 Å². The molecular formula is C27H29N3O5. The number of amides is 3. The van der Waals surface area contributed by atoms with Gasteiger partial charge in [-0.15, -0.1) is 0 Å². The quantitative estimate of drug-likeness (QED) is 0.508. The summed E-state index contributed by atoms with van der Waals surface area (Å²) in [7, 11) is 0. The van der Waals surface area contributed by atoms with E-state index in [2.05, 4.69) is 0 Å². The van der Waals surface area contributed by atoms with Gasteiger partial charge in [0.2, 0.25) is 5.91 Å². The maximum Gasteiger partial charge on any atom is 0.339 e. The summed E-state index contributed by atoms with van der Waals surface area (Å²) in [6.07, 6.45) is -0.588. The fourth-order valence-electron chi connectivity index (χ4n) is 4.31. The van der Waals surface area contributed by atoms with Crippen molar-refractivity contribution in [1.29, 1.82) is 0 Å². The lowest BCUT2D eigenvalue weighted by atomic mass is 9.99. The lowest BCUT2D eigenvalue weighted by Crippen LogP contribution is -2.52. The summed E-state index contributed by atoms with van der Waals surface area (Å²) in [6.45, 7) is 1.61. The predicted molar refractivity (Wildman–Crippen MR) is 130 cm³/mol. The smallest absolute Gasteiger partial charge is 0.339 e. The van der Waals surface area contributed by atoms with Crippen LogP contribution in [0.1, 0.15) is 23.6 Å². The van der Waals surface area contributed by atoms with E-state index < -0.39 is 18.2 Å². The van der Waals surface area contributed by atoms with E-state index in [0.717, 1.165) is 16.7 Å². The number of benzene rings is 3. The van der Waals surface area contributed by atoms with Gasteiger partial charge < -0.3 is 20.2 Å². The van der Waals surface area contributed by atoms with Crippen LogP contribution in [0.5, 0.6) is 11.5 Å². The van der Waals surface area contributed by atoms with Crippen molar-refractivity contribution in [3.63, 3.8) is 0 Å². The van der Waals surface area contributed by atoms with Crippen LogP contribution >= 0.6 is 0 Å². The summed E-state index contributed by atoms with van der Waals surface area (Å²) in [5.74, 6) is -0.138. The minimum Gasteiger partial charge on any atom is -0.508 e. The molecule has 1 saturated heterocycles. The summed E-state index contributed by atoms with van der Waals surface area (Å²) in [5.41, 5.74) is 2.46. The molecule has 182 valence electrons. The molecule has 0 aromatic heterocycles. The molecule has 8 nitrogen and oxygen atoms in total. The first-order valence-corrected chi connectivity index (χ1v) is 11.5. The van der Waals surface area contributed by atoms with Crippen LogP contribution in [0.4, 0.5) is 4.79 Å². The number of phenols is 2. The van der Waals surface area contributed by atoms with Gasteiger partial charge in [0.25, 0.3) is 0 Å². The largest absolute Gasteiger partial charge is 0.508 e. The van der Waals surface area contributed by atoms with Crippen LogP contribution < -0.4 is 0 Å². The average molecular weight is 476 g/mol. The molecule has 1 fully saturated rings.